The molecular formula is C29H32N6O2S. The molecule has 0 bridgehead atoms. The van der Waals surface area contributed by atoms with Crippen LogP contribution in [0.5, 0.6) is 0 Å². The molecule has 0 fully saturated rings. The highest BCUT2D eigenvalue weighted by molar-refractivity contribution is 7.98. The molecule has 8 nitrogen and oxygen atoms in total. The number of ether oxygens (including phenoxy) is 1. The molecule has 0 radical (unpaired) electrons. The topological polar surface area (TPSA) is 94.7 Å². The second-order valence-electron chi connectivity index (χ2n) is 9.99. The average molecular weight is 529 g/mol. The summed E-state index contributed by atoms with van der Waals surface area (Å²) in [6, 6.07) is 12.9. The highest BCUT2D eigenvalue weighted by Gasteiger charge is 2.40. The third-order valence-corrected chi connectivity index (χ3v) is 8.39. The van der Waals surface area contributed by atoms with Gasteiger partial charge < -0.3 is 14.1 Å². The van der Waals surface area contributed by atoms with Crippen LogP contribution >= 0.6 is 11.8 Å². The minimum absolute atomic E-state index is 0.513. The van der Waals surface area contributed by atoms with Crippen LogP contribution in [-0.4, -0.2) is 36.8 Å². The summed E-state index contributed by atoms with van der Waals surface area (Å²) >= 11 is 1.47. The van der Waals surface area contributed by atoms with Crippen molar-refractivity contribution in [1.29, 1.82) is 0 Å². The summed E-state index contributed by atoms with van der Waals surface area (Å²) < 4.78 is 14.4. The van der Waals surface area contributed by atoms with Gasteiger partial charge in [-0.2, -0.15) is 0 Å². The van der Waals surface area contributed by atoms with Gasteiger partial charge in [-0.25, -0.2) is 4.68 Å². The number of hydrogen-bond donors (Lipinski definition) is 1. The number of H-pyrrole nitrogens is 1. The minimum Gasteiger partial charge on any atom is -0.416 e. The summed E-state index contributed by atoms with van der Waals surface area (Å²) in [6.45, 7) is 9.20. The summed E-state index contributed by atoms with van der Waals surface area (Å²) in [5, 5.41) is 19.1. The second kappa shape index (κ2) is 10.0. The van der Waals surface area contributed by atoms with Gasteiger partial charge in [-0.15, -0.1) is 15.3 Å². The molecule has 1 aliphatic heterocycles. The molecule has 38 heavy (non-hydrogen) atoms. The van der Waals surface area contributed by atoms with Crippen molar-refractivity contribution in [3.8, 4) is 5.69 Å². The zero-order valence-corrected chi connectivity index (χ0v) is 23.1. The summed E-state index contributed by atoms with van der Waals surface area (Å²) in [5.41, 5.74) is 8.80. The van der Waals surface area contributed by atoms with E-state index in [1.807, 2.05) is 10.9 Å². The number of nitrogens with one attached hydrogen (secondary N) is 1. The van der Waals surface area contributed by atoms with E-state index < -0.39 is 5.60 Å². The summed E-state index contributed by atoms with van der Waals surface area (Å²) in [7, 11) is 0. The third-order valence-electron chi connectivity index (χ3n) is 7.53. The van der Waals surface area contributed by atoms with Crippen LogP contribution in [0, 0.1) is 13.8 Å². The highest BCUT2D eigenvalue weighted by atomic mass is 32.2. The van der Waals surface area contributed by atoms with E-state index in [9.17, 15) is 0 Å². The summed E-state index contributed by atoms with van der Waals surface area (Å²) in [6.07, 6.45) is 5.17. The number of hydrogen-bond acceptors (Lipinski definition) is 7. The van der Waals surface area contributed by atoms with Crippen molar-refractivity contribution in [2.45, 2.75) is 70.0 Å². The number of nitrogens with zero attached hydrogens (tertiary/aromatic N) is 5. The Labute approximate surface area is 226 Å². The highest BCUT2D eigenvalue weighted by Crippen LogP contribution is 2.42. The molecule has 1 aliphatic rings. The molecule has 1 atom stereocenters. The molecular weight excluding hydrogens is 496 g/mol. The van der Waals surface area contributed by atoms with Crippen molar-refractivity contribution in [3.63, 3.8) is 0 Å². The van der Waals surface area contributed by atoms with Gasteiger partial charge in [-0.1, -0.05) is 66.7 Å². The van der Waals surface area contributed by atoms with Crippen LogP contribution in [0.4, 0.5) is 0 Å². The number of benzene rings is 2. The van der Waals surface area contributed by atoms with Crippen LogP contribution in [0.25, 0.3) is 16.6 Å². The zero-order chi connectivity index (χ0) is 26.3. The van der Waals surface area contributed by atoms with E-state index in [2.05, 4.69) is 89.6 Å². The van der Waals surface area contributed by atoms with Crippen LogP contribution < -0.4 is 0 Å². The zero-order valence-electron chi connectivity index (χ0n) is 22.2. The van der Waals surface area contributed by atoms with E-state index in [1.165, 1.54) is 39.4 Å². The standard InChI is InChI=1S/C29H32N6O2S/c1-5-20-8-7-9-22-23-12-13-36-29(6-2,27(23)30-26(20)22)15-25-32-33-28(37-25)38-17-21-16-35(34-31-21)24-11-10-18(3)14-19(24)4/h7-11,14,16,30H,5-6,12-13,15,17H2,1-4H3. The van der Waals surface area contributed by atoms with E-state index in [-0.39, 0.29) is 0 Å². The van der Waals surface area contributed by atoms with Gasteiger partial charge in [0.1, 0.15) is 5.60 Å². The van der Waals surface area contributed by atoms with Gasteiger partial charge in [0.05, 0.1) is 36.3 Å². The first-order valence-corrected chi connectivity index (χ1v) is 14.2. The van der Waals surface area contributed by atoms with E-state index >= 15 is 0 Å². The minimum atomic E-state index is -0.513. The van der Waals surface area contributed by atoms with Gasteiger partial charge >= 0.3 is 0 Å². The van der Waals surface area contributed by atoms with Crippen molar-refractivity contribution >= 4 is 22.7 Å². The lowest BCUT2D eigenvalue weighted by molar-refractivity contribution is -0.0696. The van der Waals surface area contributed by atoms with Gasteiger partial charge in [0.2, 0.25) is 5.89 Å². The number of thioether (sulfide) groups is 1. The smallest absolute Gasteiger partial charge is 0.276 e. The Morgan fingerprint density at radius 1 is 1.11 bits per heavy atom. The molecule has 4 heterocycles. The molecule has 3 aromatic heterocycles. The summed E-state index contributed by atoms with van der Waals surface area (Å²) in [4.78, 5) is 3.74. The van der Waals surface area contributed by atoms with Crippen molar-refractivity contribution in [2.24, 2.45) is 0 Å². The van der Waals surface area contributed by atoms with Crippen LogP contribution in [0.3, 0.4) is 0 Å². The lowest BCUT2D eigenvalue weighted by Crippen LogP contribution is -2.37. The maximum atomic E-state index is 6.46. The monoisotopic (exact) mass is 528 g/mol. The predicted molar refractivity (Wildman–Crippen MR) is 148 cm³/mol. The fourth-order valence-electron chi connectivity index (χ4n) is 5.53. The Morgan fingerprint density at radius 3 is 2.82 bits per heavy atom. The van der Waals surface area contributed by atoms with Crippen LogP contribution in [0.1, 0.15) is 59.8 Å². The molecule has 0 amide bonds. The fourth-order valence-corrected chi connectivity index (χ4v) is 6.19. The lowest BCUT2D eigenvalue weighted by Gasteiger charge is -2.35. The molecule has 2 aromatic carbocycles. The lowest BCUT2D eigenvalue weighted by atomic mass is 9.86. The van der Waals surface area contributed by atoms with E-state index in [0.29, 0.717) is 29.9 Å². The molecule has 1 N–H and O–H groups in total. The van der Waals surface area contributed by atoms with Gasteiger partial charge in [-0.3, -0.25) is 0 Å². The van der Waals surface area contributed by atoms with Crippen LogP contribution in [-0.2, 0) is 35.4 Å². The van der Waals surface area contributed by atoms with E-state index in [1.54, 1.807) is 0 Å². The predicted octanol–water partition coefficient (Wildman–Crippen LogP) is 6.02. The Balaban J connectivity index is 1.19. The first-order valence-electron chi connectivity index (χ1n) is 13.2. The molecule has 196 valence electrons. The molecule has 0 saturated carbocycles. The van der Waals surface area contributed by atoms with Crippen LogP contribution in [0.2, 0.25) is 0 Å². The van der Waals surface area contributed by atoms with E-state index in [4.69, 9.17) is 9.15 Å². The number of para-hydroxylation sites is 1. The average Bonchev–Trinajstić information content (AvgIpc) is 3.66. The van der Waals surface area contributed by atoms with Gasteiger partial charge in [0, 0.05) is 16.7 Å². The van der Waals surface area contributed by atoms with Crippen molar-refractivity contribution in [2.75, 3.05) is 6.61 Å². The number of aromatic amines is 1. The maximum Gasteiger partial charge on any atom is 0.276 e. The Bertz CT molecular complexity index is 1600. The van der Waals surface area contributed by atoms with Gasteiger partial charge in [0.15, 0.2) is 0 Å². The quantitative estimate of drug-likeness (QED) is 0.246. The molecule has 6 rings (SSSR count). The summed E-state index contributed by atoms with van der Waals surface area (Å²) in [5.74, 6) is 1.17. The van der Waals surface area contributed by atoms with Gasteiger partial charge in [0.25, 0.3) is 5.22 Å². The fraction of sp³-hybridized carbons (Fsp3) is 0.379. The first-order chi connectivity index (χ1) is 18.5. The molecule has 0 aliphatic carbocycles. The van der Waals surface area contributed by atoms with E-state index in [0.717, 1.165) is 41.9 Å². The Hall–Kier alpha value is -3.43. The Morgan fingerprint density at radius 2 is 2.00 bits per heavy atom. The Kier molecular flexibility index (Phi) is 6.57. The second-order valence-corrected chi connectivity index (χ2v) is 10.9. The number of aromatic nitrogens is 6. The molecule has 0 spiro atoms. The van der Waals surface area contributed by atoms with Crippen molar-refractivity contribution in [1.82, 2.24) is 30.2 Å². The SMILES string of the molecule is CCc1cccc2c3c([nH]c12)C(CC)(Cc1nnc(SCc2cn(-c4ccc(C)cc4C)nn2)o1)OCC3. The largest absolute Gasteiger partial charge is 0.416 e. The number of aryl methyl sites for hydroxylation is 3. The normalized spacial score (nSPS) is 17.3. The maximum absolute atomic E-state index is 6.46. The molecule has 1 unspecified atom stereocenters. The van der Waals surface area contributed by atoms with Crippen molar-refractivity contribution in [3.05, 3.63) is 82.1 Å². The molecule has 5 aromatic rings. The molecule has 0 saturated heterocycles. The van der Waals surface area contributed by atoms with Gasteiger partial charge in [-0.05, 0) is 55.9 Å². The molecule has 9 heteroatoms. The van der Waals surface area contributed by atoms with Crippen LogP contribution in [0.15, 0.2) is 52.2 Å². The number of rotatable bonds is 8. The number of fused-ring (bicyclic) bond motifs is 3. The van der Waals surface area contributed by atoms with Crippen molar-refractivity contribution < 1.29 is 9.15 Å². The first kappa shape index (κ1) is 24.9. The third kappa shape index (κ3) is 4.43.